The number of hydrogen-bond acceptors (Lipinski definition) is 2. The summed E-state index contributed by atoms with van der Waals surface area (Å²) in [5, 5.41) is 0. The van der Waals surface area contributed by atoms with Crippen LogP contribution in [0.1, 0.15) is 12.5 Å². The largest absolute Gasteiger partial charge is 0.368 e. The van der Waals surface area contributed by atoms with Crippen molar-refractivity contribution in [3.05, 3.63) is 34.3 Å². The van der Waals surface area contributed by atoms with Crippen LogP contribution < -0.4 is 11.5 Å². The molecule has 0 spiro atoms. The van der Waals surface area contributed by atoms with Gasteiger partial charge in [-0.1, -0.05) is 28.1 Å². The smallest absolute Gasteiger partial charge is 0.241 e. The van der Waals surface area contributed by atoms with Gasteiger partial charge in [-0.05, 0) is 24.6 Å². The molecule has 0 bridgehead atoms. The average Bonchev–Trinajstić information content (AvgIpc) is 2.04. The standard InChI is InChI=1S/C9H11BrN2O/c1-9(12,8(11)13)6-2-4-7(10)5-3-6/h2-5H,12H2,1H3,(H2,11,13). The van der Waals surface area contributed by atoms with Gasteiger partial charge in [0.1, 0.15) is 5.54 Å². The Morgan fingerprint density at radius 2 is 1.85 bits per heavy atom. The van der Waals surface area contributed by atoms with E-state index in [0.29, 0.717) is 5.56 Å². The van der Waals surface area contributed by atoms with Gasteiger partial charge >= 0.3 is 0 Å². The molecular weight excluding hydrogens is 232 g/mol. The van der Waals surface area contributed by atoms with Crippen LogP contribution in [-0.4, -0.2) is 5.91 Å². The molecule has 4 N–H and O–H groups in total. The lowest BCUT2D eigenvalue weighted by molar-refractivity contribution is -0.122. The Kier molecular flexibility index (Phi) is 2.73. The fourth-order valence-corrected chi connectivity index (χ4v) is 1.20. The number of nitrogens with two attached hydrogens (primary N) is 2. The number of amides is 1. The molecule has 13 heavy (non-hydrogen) atoms. The first-order valence-corrected chi connectivity index (χ1v) is 4.58. The highest BCUT2D eigenvalue weighted by molar-refractivity contribution is 9.10. The van der Waals surface area contributed by atoms with E-state index in [9.17, 15) is 4.79 Å². The fraction of sp³-hybridized carbons (Fsp3) is 0.222. The van der Waals surface area contributed by atoms with Crippen molar-refractivity contribution in [3.63, 3.8) is 0 Å². The van der Waals surface area contributed by atoms with Crippen molar-refractivity contribution in [2.24, 2.45) is 11.5 Å². The molecule has 0 aliphatic carbocycles. The molecule has 1 unspecified atom stereocenters. The van der Waals surface area contributed by atoms with Gasteiger partial charge in [0.25, 0.3) is 0 Å². The van der Waals surface area contributed by atoms with Crippen LogP contribution in [0.25, 0.3) is 0 Å². The predicted octanol–water partition coefficient (Wildman–Crippen LogP) is 1.11. The summed E-state index contributed by atoms with van der Waals surface area (Å²) in [6, 6.07) is 7.19. The molecule has 3 nitrogen and oxygen atoms in total. The van der Waals surface area contributed by atoms with Crippen molar-refractivity contribution < 1.29 is 4.79 Å². The SMILES string of the molecule is CC(N)(C(N)=O)c1ccc(Br)cc1. The quantitative estimate of drug-likeness (QED) is 0.816. The molecule has 0 saturated carbocycles. The number of carbonyl (C=O) groups excluding carboxylic acids is 1. The normalized spacial score (nSPS) is 15.0. The third kappa shape index (κ3) is 2.08. The van der Waals surface area contributed by atoms with Gasteiger partial charge in [-0.3, -0.25) is 4.79 Å². The summed E-state index contributed by atoms with van der Waals surface area (Å²) in [4.78, 5) is 11.0. The Morgan fingerprint density at radius 3 is 2.23 bits per heavy atom. The monoisotopic (exact) mass is 242 g/mol. The van der Waals surface area contributed by atoms with Crippen LogP contribution in [0.15, 0.2) is 28.7 Å². The van der Waals surface area contributed by atoms with Crippen LogP contribution in [0.4, 0.5) is 0 Å². The van der Waals surface area contributed by atoms with Gasteiger partial charge in [0, 0.05) is 4.47 Å². The van der Waals surface area contributed by atoms with Crippen molar-refractivity contribution in [1.29, 1.82) is 0 Å². The van der Waals surface area contributed by atoms with Crippen molar-refractivity contribution in [3.8, 4) is 0 Å². The van der Waals surface area contributed by atoms with Gasteiger partial charge in [0.05, 0.1) is 0 Å². The van der Waals surface area contributed by atoms with Crippen molar-refractivity contribution in [2.45, 2.75) is 12.5 Å². The third-order valence-corrected chi connectivity index (χ3v) is 2.48. The summed E-state index contributed by atoms with van der Waals surface area (Å²) in [6.45, 7) is 1.60. The van der Waals surface area contributed by atoms with Gasteiger partial charge < -0.3 is 11.5 Å². The molecule has 0 aliphatic rings. The molecule has 1 rings (SSSR count). The lowest BCUT2D eigenvalue weighted by atomic mass is 9.93. The Labute approximate surface area is 85.2 Å². The van der Waals surface area contributed by atoms with Crippen LogP contribution in [0.5, 0.6) is 0 Å². The van der Waals surface area contributed by atoms with Crippen LogP contribution in [0.3, 0.4) is 0 Å². The van der Waals surface area contributed by atoms with Gasteiger partial charge in [0.15, 0.2) is 0 Å². The molecule has 0 heterocycles. The summed E-state index contributed by atoms with van der Waals surface area (Å²) < 4.78 is 0.941. The second-order valence-electron chi connectivity index (χ2n) is 3.07. The van der Waals surface area contributed by atoms with Crippen molar-refractivity contribution in [1.82, 2.24) is 0 Å². The summed E-state index contributed by atoms with van der Waals surface area (Å²) in [7, 11) is 0. The fourth-order valence-electron chi connectivity index (χ4n) is 0.938. The third-order valence-electron chi connectivity index (χ3n) is 1.96. The molecule has 1 aromatic rings. The zero-order valence-electron chi connectivity index (χ0n) is 7.25. The molecular formula is C9H11BrN2O. The number of benzene rings is 1. The van der Waals surface area contributed by atoms with E-state index < -0.39 is 11.4 Å². The minimum Gasteiger partial charge on any atom is -0.368 e. The topological polar surface area (TPSA) is 69.1 Å². The molecule has 0 fully saturated rings. The van der Waals surface area contributed by atoms with Gasteiger partial charge in [-0.15, -0.1) is 0 Å². The van der Waals surface area contributed by atoms with E-state index in [0.717, 1.165) is 4.47 Å². The van der Waals surface area contributed by atoms with E-state index in [1.165, 1.54) is 0 Å². The van der Waals surface area contributed by atoms with E-state index >= 15 is 0 Å². The van der Waals surface area contributed by atoms with Gasteiger partial charge in [-0.25, -0.2) is 0 Å². The Hall–Kier alpha value is -0.870. The summed E-state index contributed by atoms with van der Waals surface area (Å²) in [6.07, 6.45) is 0. The van der Waals surface area contributed by atoms with E-state index in [2.05, 4.69) is 15.9 Å². The van der Waals surface area contributed by atoms with E-state index in [1.807, 2.05) is 12.1 Å². The summed E-state index contributed by atoms with van der Waals surface area (Å²) >= 11 is 3.29. The van der Waals surface area contributed by atoms with Gasteiger partial charge in [-0.2, -0.15) is 0 Å². The zero-order chi connectivity index (χ0) is 10.1. The number of hydrogen-bond donors (Lipinski definition) is 2. The minimum absolute atomic E-state index is 0.533. The minimum atomic E-state index is -1.10. The highest BCUT2D eigenvalue weighted by atomic mass is 79.9. The summed E-state index contributed by atoms with van der Waals surface area (Å²) in [5.41, 5.74) is 10.5. The first-order chi connectivity index (χ1) is 5.94. The maximum absolute atomic E-state index is 11.0. The molecule has 1 amide bonds. The highest BCUT2D eigenvalue weighted by Crippen LogP contribution is 2.19. The van der Waals surface area contributed by atoms with Crippen molar-refractivity contribution >= 4 is 21.8 Å². The second kappa shape index (κ2) is 3.47. The van der Waals surface area contributed by atoms with Gasteiger partial charge in [0.2, 0.25) is 5.91 Å². The van der Waals surface area contributed by atoms with E-state index in [4.69, 9.17) is 11.5 Å². The number of primary amides is 1. The Bertz CT molecular complexity index is 319. The number of rotatable bonds is 2. The maximum Gasteiger partial charge on any atom is 0.241 e. The Morgan fingerprint density at radius 1 is 1.38 bits per heavy atom. The van der Waals surface area contributed by atoms with E-state index in [-0.39, 0.29) is 0 Å². The molecule has 0 radical (unpaired) electrons. The first-order valence-electron chi connectivity index (χ1n) is 3.79. The zero-order valence-corrected chi connectivity index (χ0v) is 8.84. The van der Waals surface area contributed by atoms with Crippen LogP contribution in [0, 0.1) is 0 Å². The number of halogens is 1. The molecule has 1 aromatic carbocycles. The second-order valence-corrected chi connectivity index (χ2v) is 3.99. The van der Waals surface area contributed by atoms with E-state index in [1.54, 1.807) is 19.1 Å². The molecule has 4 heteroatoms. The molecule has 0 aromatic heterocycles. The predicted molar refractivity (Wildman–Crippen MR) is 54.9 cm³/mol. The molecule has 0 aliphatic heterocycles. The van der Waals surface area contributed by atoms with Crippen LogP contribution >= 0.6 is 15.9 Å². The molecule has 1 atom stereocenters. The maximum atomic E-state index is 11.0. The molecule has 0 saturated heterocycles. The number of carbonyl (C=O) groups is 1. The summed E-state index contributed by atoms with van der Waals surface area (Å²) in [5.74, 6) is -0.533. The van der Waals surface area contributed by atoms with Crippen LogP contribution in [-0.2, 0) is 10.3 Å². The lowest BCUT2D eigenvalue weighted by Gasteiger charge is -2.20. The lowest BCUT2D eigenvalue weighted by Crippen LogP contribution is -2.46. The first kappa shape index (κ1) is 10.2. The molecule has 70 valence electrons. The highest BCUT2D eigenvalue weighted by Gasteiger charge is 2.27. The average molecular weight is 243 g/mol. The van der Waals surface area contributed by atoms with Crippen LogP contribution in [0.2, 0.25) is 0 Å². The Balaban J connectivity index is 3.08. The van der Waals surface area contributed by atoms with Crippen molar-refractivity contribution in [2.75, 3.05) is 0 Å².